The van der Waals surface area contributed by atoms with Gasteiger partial charge in [0, 0.05) is 13.6 Å². The van der Waals surface area contributed by atoms with Crippen LogP contribution in [0.2, 0.25) is 0 Å². The second-order valence-electron chi connectivity index (χ2n) is 2.65. The Labute approximate surface area is 72.6 Å². The van der Waals surface area contributed by atoms with Crippen LogP contribution in [-0.2, 0) is 7.05 Å². The fourth-order valence-corrected chi connectivity index (χ4v) is 0.977. The molecule has 4 heteroatoms. The van der Waals surface area contributed by atoms with E-state index in [0.29, 0.717) is 6.01 Å². The lowest BCUT2D eigenvalue weighted by Gasteiger charge is -1.96. The number of nitrogens with one attached hydrogen (secondary N) is 1. The topological polar surface area (TPSA) is 39.1 Å². The second-order valence-corrected chi connectivity index (χ2v) is 2.65. The fraction of sp³-hybridized carbons (Fsp3) is 0.625. The SMILES string of the molecule is CCCNc1cn(C)c(OC)n1. The van der Waals surface area contributed by atoms with Gasteiger partial charge in [-0.15, -0.1) is 0 Å². The van der Waals surface area contributed by atoms with Crippen LogP contribution in [0.1, 0.15) is 13.3 Å². The molecule has 68 valence electrons. The number of methoxy groups -OCH3 is 1. The first-order valence-corrected chi connectivity index (χ1v) is 4.09. The number of hydrogen-bond donors (Lipinski definition) is 1. The summed E-state index contributed by atoms with van der Waals surface area (Å²) in [7, 11) is 3.52. The average molecular weight is 169 g/mol. The quantitative estimate of drug-likeness (QED) is 0.737. The Morgan fingerprint density at radius 3 is 2.92 bits per heavy atom. The summed E-state index contributed by atoms with van der Waals surface area (Å²) in [4.78, 5) is 4.20. The summed E-state index contributed by atoms with van der Waals surface area (Å²) in [6.07, 6.45) is 3.01. The van der Waals surface area contributed by atoms with E-state index >= 15 is 0 Å². The molecule has 0 fully saturated rings. The van der Waals surface area contributed by atoms with Gasteiger partial charge in [0.25, 0.3) is 6.01 Å². The zero-order chi connectivity index (χ0) is 8.97. The largest absolute Gasteiger partial charge is 0.468 e. The van der Waals surface area contributed by atoms with E-state index in [2.05, 4.69) is 17.2 Å². The minimum Gasteiger partial charge on any atom is -0.468 e. The van der Waals surface area contributed by atoms with E-state index in [1.165, 1.54) is 0 Å². The van der Waals surface area contributed by atoms with Crippen molar-refractivity contribution < 1.29 is 4.74 Å². The lowest BCUT2D eigenvalue weighted by Crippen LogP contribution is -1.99. The summed E-state index contributed by atoms with van der Waals surface area (Å²) in [6, 6.07) is 0.633. The average Bonchev–Trinajstić information content (AvgIpc) is 2.43. The van der Waals surface area contributed by atoms with Crippen molar-refractivity contribution in [3.8, 4) is 6.01 Å². The van der Waals surface area contributed by atoms with Crippen molar-refractivity contribution in [3.63, 3.8) is 0 Å². The fourth-order valence-electron chi connectivity index (χ4n) is 0.977. The van der Waals surface area contributed by atoms with Crippen LogP contribution < -0.4 is 10.1 Å². The number of nitrogens with zero attached hydrogens (tertiary/aromatic N) is 2. The van der Waals surface area contributed by atoms with E-state index in [0.717, 1.165) is 18.8 Å². The minimum absolute atomic E-state index is 0.633. The van der Waals surface area contributed by atoms with E-state index in [-0.39, 0.29) is 0 Å². The Balaban J connectivity index is 2.62. The van der Waals surface area contributed by atoms with Crippen LogP contribution in [0.25, 0.3) is 0 Å². The van der Waals surface area contributed by atoms with Crippen molar-refractivity contribution in [2.45, 2.75) is 13.3 Å². The molecule has 12 heavy (non-hydrogen) atoms. The predicted octanol–water partition coefficient (Wildman–Crippen LogP) is 1.25. The number of aryl methyl sites for hydroxylation is 1. The number of aromatic nitrogens is 2. The second kappa shape index (κ2) is 3.99. The molecule has 1 aromatic rings. The van der Waals surface area contributed by atoms with Crippen LogP contribution in [0.15, 0.2) is 6.20 Å². The summed E-state index contributed by atoms with van der Waals surface area (Å²) in [5, 5.41) is 3.18. The predicted molar refractivity (Wildman–Crippen MR) is 48.5 cm³/mol. The number of anilines is 1. The minimum atomic E-state index is 0.633. The first-order valence-electron chi connectivity index (χ1n) is 4.09. The lowest BCUT2D eigenvalue weighted by molar-refractivity contribution is 0.366. The van der Waals surface area contributed by atoms with E-state index < -0.39 is 0 Å². The summed E-state index contributed by atoms with van der Waals surface area (Å²) in [5.74, 6) is 0.871. The Kier molecular flexibility index (Phi) is 2.96. The van der Waals surface area contributed by atoms with E-state index in [1.807, 2.05) is 17.8 Å². The van der Waals surface area contributed by atoms with Crippen molar-refractivity contribution >= 4 is 5.82 Å². The molecule has 0 saturated carbocycles. The summed E-state index contributed by atoms with van der Waals surface area (Å²) < 4.78 is 6.86. The van der Waals surface area contributed by atoms with Gasteiger partial charge in [0.05, 0.1) is 13.3 Å². The summed E-state index contributed by atoms with van der Waals surface area (Å²) in [5.41, 5.74) is 0. The zero-order valence-corrected chi connectivity index (χ0v) is 7.79. The van der Waals surface area contributed by atoms with Gasteiger partial charge < -0.3 is 14.6 Å². The van der Waals surface area contributed by atoms with Gasteiger partial charge in [-0.1, -0.05) is 6.92 Å². The van der Waals surface area contributed by atoms with Crippen LogP contribution in [0.3, 0.4) is 0 Å². The molecule has 1 aromatic heterocycles. The maximum Gasteiger partial charge on any atom is 0.297 e. The standard InChI is InChI=1S/C8H15N3O/c1-4-5-9-7-6-11(2)8(10-7)12-3/h6,9H,4-5H2,1-3H3. The molecular weight excluding hydrogens is 154 g/mol. The molecule has 0 spiro atoms. The Hall–Kier alpha value is -1.19. The monoisotopic (exact) mass is 169 g/mol. The zero-order valence-electron chi connectivity index (χ0n) is 7.79. The third kappa shape index (κ3) is 1.90. The van der Waals surface area contributed by atoms with Gasteiger partial charge in [0.1, 0.15) is 5.82 Å². The van der Waals surface area contributed by atoms with Crippen LogP contribution in [0.4, 0.5) is 5.82 Å². The molecular formula is C8H15N3O. The van der Waals surface area contributed by atoms with Crippen molar-refractivity contribution in [3.05, 3.63) is 6.20 Å². The molecule has 4 nitrogen and oxygen atoms in total. The van der Waals surface area contributed by atoms with Crippen molar-refractivity contribution in [2.24, 2.45) is 7.05 Å². The smallest absolute Gasteiger partial charge is 0.297 e. The first-order chi connectivity index (χ1) is 5.77. The van der Waals surface area contributed by atoms with Gasteiger partial charge in [0.15, 0.2) is 0 Å². The molecule has 0 radical (unpaired) electrons. The van der Waals surface area contributed by atoms with Crippen molar-refractivity contribution in [1.29, 1.82) is 0 Å². The third-order valence-corrected chi connectivity index (χ3v) is 1.57. The van der Waals surface area contributed by atoms with Gasteiger partial charge >= 0.3 is 0 Å². The Bertz CT molecular complexity index is 244. The highest BCUT2D eigenvalue weighted by molar-refractivity contribution is 5.34. The molecule has 0 aliphatic heterocycles. The van der Waals surface area contributed by atoms with E-state index in [1.54, 1.807) is 7.11 Å². The molecule has 0 atom stereocenters. The van der Waals surface area contributed by atoms with Crippen LogP contribution in [0, 0.1) is 0 Å². The molecule has 0 aromatic carbocycles. The summed E-state index contributed by atoms with van der Waals surface area (Å²) >= 11 is 0. The molecule has 0 aliphatic rings. The van der Waals surface area contributed by atoms with Crippen LogP contribution >= 0.6 is 0 Å². The number of rotatable bonds is 4. The van der Waals surface area contributed by atoms with Crippen LogP contribution in [-0.4, -0.2) is 23.2 Å². The molecule has 0 saturated heterocycles. The molecule has 1 heterocycles. The van der Waals surface area contributed by atoms with Gasteiger partial charge in [-0.3, -0.25) is 0 Å². The van der Waals surface area contributed by atoms with Crippen molar-refractivity contribution in [1.82, 2.24) is 9.55 Å². The molecule has 0 aliphatic carbocycles. The highest BCUT2D eigenvalue weighted by Gasteiger charge is 2.02. The Morgan fingerprint density at radius 1 is 1.67 bits per heavy atom. The number of ether oxygens (including phenoxy) is 1. The molecule has 0 unspecified atom stereocenters. The highest BCUT2D eigenvalue weighted by atomic mass is 16.5. The maximum atomic E-state index is 5.02. The van der Waals surface area contributed by atoms with E-state index in [4.69, 9.17) is 4.74 Å². The van der Waals surface area contributed by atoms with E-state index in [9.17, 15) is 0 Å². The van der Waals surface area contributed by atoms with Gasteiger partial charge in [-0.25, -0.2) is 0 Å². The maximum absolute atomic E-state index is 5.02. The van der Waals surface area contributed by atoms with Crippen LogP contribution in [0.5, 0.6) is 6.01 Å². The number of hydrogen-bond acceptors (Lipinski definition) is 3. The molecule has 1 rings (SSSR count). The van der Waals surface area contributed by atoms with Gasteiger partial charge in [-0.2, -0.15) is 4.98 Å². The van der Waals surface area contributed by atoms with Gasteiger partial charge in [-0.05, 0) is 6.42 Å². The first kappa shape index (κ1) is 8.90. The third-order valence-electron chi connectivity index (χ3n) is 1.57. The molecule has 0 bridgehead atoms. The molecule has 1 N–H and O–H groups in total. The van der Waals surface area contributed by atoms with Crippen molar-refractivity contribution in [2.75, 3.05) is 19.0 Å². The normalized spacial score (nSPS) is 9.92. The van der Waals surface area contributed by atoms with Gasteiger partial charge in [0.2, 0.25) is 0 Å². The lowest BCUT2D eigenvalue weighted by atomic mass is 10.5. The summed E-state index contributed by atoms with van der Waals surface area (Å²) in [6.45, 7) is 3.06. The highest BCUT2D eigenvalue weighted by Crippen LogP contribution is 2.12. The number of imidazole rings is 1. The molecule has 0 amide bonds. The Morgan fingerprint density at radius 2 is 2.42 bits per heavy atom.